The second kappa shape index (κ2) is 6.95. The van der Waals surface area contributed by atoms with E-state index in [1.54, 1.807) is 6.07 Å². The van der Waals surface area contributed by atoms with Crippen molar-refractivity contribution in [1.29, 1.82) is 0 Å². The van der Waals surface area contributed by atoms with Crippen LogP contribution in [0.4, 0.5) is 13.2 Å². The zero-order valence-corrected chi connectivity index (χ0v) is 10.6. The Morgan fingerprint density at radius 2 is 2.10 bits per heavy atom. The van der Waals surface area contributed by atoms with Crippen molar-refractivity contribution in [2.45, 2.75) is 25.4 Å². The Bertz CT molecular complexity index is 475. The topological polar surface area (TPSA) is 64.4 Å². The van der Waals surface area contributed by atoms with Gasteiger partial charge in [-0.25, -0.2) is 0 Å². The Kier molecular flexibility index (Phi) is 5.57. The van der Waals surface area contributed by atoms with Crippen LogP contribution in [-0.2, 0) is 11.3 Å². The number of carbonyl (C=O) groups is 1. The summed E-state index contributed by atoms with van der Waals surface area (Å²) in [6.07, 6.45) is -3.00. The molecule has 0 aliphatic rings. The Balaban J connectivity index is 2.68. The van der Waals surface area contributed by atoms with Gasteiger partial charge in [0.25, 0.3) is 0 Å². The third kappa shape index (κ3) is 5.31. The van der Waals surface area contributed by atoms with Gasteiger partial charge < -0.3 is 15.8 Å². The van der Waals surface area contributed by atoms with E-state index in [-0.39, 0.29) is 24.3 Å². The summed E-state index contributed by atoms with van der Waals surface area (Å²) in [4.78, 5) is 11.6. The molecular weight excluding hydrogens is 273 g/mol. The standard InChI is InChI=1S/C13H15F3N2O2/c1-2-5-10(17)12(19)18-8-9-6-3-4-7-11(9)20-13(14,15)16/h2-4,6-7,10H,1,5,8,17H2,(H,18,19). The van der Waals surface area contributed by atoms with E-state index in [1.807, 2.05) is 0 Å². The SMILES string of the molecule is C=CCC(N)C(=O)NCc1ccccc1OC(F)(F)F. The molecule has 0 bridgehead atoms. The molecular formula is C13H15F3N2O2. The van der Waals surface area contributed by atoms with Crippen molar-refractivity contribution < 1.29 is 22.7 Å². The number of hydrogen-bond acceptors (Lipinski definition) is 3. The fourth-order valence-electron chi connectivity index (χ4n) is 1.47. The lowest BCUT2D eigenvalue weighted by Gasteiger charge is -2.14. The minimum absolute atomic E-state index is 0.101. The lowest BCUT2D eigenvalue weighted by atomic mass is 10.1. The number of nitrogens with two attached hydrogens (primary N) is 1. The number of amides is 1. The van der Waals surface area contributed by atoms with Gasteiger partial charge in [0.1, 0.15) is 5.75 Å². The number of hydrogen-bond donors (Lipinski definition) is 2. The molecule has 0 heterocycles. The average Bonchev–Trinajstić information content (AvgIpc) is 2.35. The van der Waals surface area contributed by atoms with Crippen molar-refractivity contribution in [3.63, 3.8) is 0 Å². The van der Waals surface area contributed by atoms with Crippen molar-refractivity contribution in [2.75, 3.05) is 0 Å². The summed E-state index contributed by atoms with van der Waals surface area (Å²) in [5, 5.41) is 2.45. The molecule has 1 aromatic rings. The van der Waals surface area contributed by atoms with Crippen molar-refractivity contribution in [3.8, 4) is 5.75 Å². The van der Waals surface area contributed by atoms with Crippen molar-refractivity contribution >= 4 is 5.91 Å². The van der Waals surface area contributed by atoms with Crippen molar-refractivity contribution in [3.05, 3.63) is 42.5 Å². The average molecular weight is 288 g/mol. The van der Waals surface area contributed by atoms with Gasteiger partial charge in [-0.3, -0.25) is 4.79 Å². The third-order valence-electron chi connectivity index (χ3n) is 2.41. The Morgan fingerprint density at radius 3 is 2.70 bits per heavy atom. The number of halogens is 3. The molecule has 1 amide bonds. The molecule has 0 fully saturated rings. The van der Waals surface area contributed by atoms with Gasteiger partial charge >= 0.3 is 6.36 Å². The number of carbonyl (C=O) groups excluding carboxylic acids is 1. The first-order chi connectivity index (χ1) is 9.33. The van der Waals surface area contributed by atoms with Crippen molar-refractivity contribution in [1.82, 2.24) is 5.32 Å². The second-order valence-corrected chi connectivity index (χ2v) is 4.00. The molecule has 0 saturated carbocycles. The van der Waals surface area contributed by atoms with Crippen LogP contribution in [0.5, 0.6) is 5.75 Å². The van der Waals surface area contributed by atoms with E-state index in [4.69, 9.17) is 5.73 Å². The summed E-state index contributed by atoms with van der Waals surface area (Å²) in [5.74, 6) is -0.815. The van der Waals surface area contributed by atoms with E-state index in [1.165, 1.54) is 24.3 Å². The van der Waals surface area contributed by atoms with Crippen molar-refractivity contribution in [2.24, 2.45) is 5.73 Å². The molecule has 1 atom stereocenters. The molecule has 0 aromatic heterocycles. The summed E-state index contributed by atoms with van der Waals surface area (Å²) in [6, 6.07) is 4.80. The number of nitrogens with one attached hydrogen (secondary N) is 1. The summed E-state index contributed by atoms with van der Waals surface area (Å²) in [5.41, 5.74) is 5.75. The molecule has 20 heavy (non-hydrogen) atoms. The highest BCUT2D eigenvalue weighted by Crippen LogP contribution is 2.26. The Hall–Kier alpha value is -2.02. The van der Waals surface area contributed by atoms with Crippen LogP contribution in [0.1, 0.15) is 12.0 Å². The van der Waals surface area contributed by atoms with E-state index in [2.05, 4.69) is 16.6 Å². The molecule has 1 rings (SSSR count). The molecule has 0 saturated heterocycles. The van der Waals surface area contributed by atoms with Gasteiger partial charge in [-0.2, -0.15) is 0 Å². The van der Waals surface area contributed by atoms with Crippen LogP contribution in [0.2, 0.25) is 0 Å². The monoisotopic (exact) mass is 288 g/mol. The molecule has 7 heteroatoms. The Morgan fingerprint density at radius 1 is 1.45 bits per heavy atom. The number of benzene rings is 1. The molecule has 4 nitrogen and oxygen atoms in total. The van der Waals surface area contributed by atoms with Crippen LogP contribution in [0, 0.1) is 0 Å². The highest BCUT2D eigenvalue weighted by Gasteiger charge is 2.32. The van der Waals surface area contributed by atoms with E-state index >= 15 is 0 Å². The summed E-state index contributed by atoms with van der Waals surface area (Å²) >= 11 is 0. The molecule has 0 aliphatic heterocycles. The molecule has 0 radical (unpaired) electrons. The zero-order chi connectivity index (χ0) is 15.2. The van der Waals surface area contributed by atoms with Gasteiger partial charge in [-0.05, 0) is 12.5 Å². The quantitative estimate of drug-likeness (QED) is 0.788. The fourth-order valence-corrected chi connectivity index (χ4v) is 1.47. The minimum atomic E-state index is -4.78. The number of ether oxygens (including phenoxy) is 1. The van der Waals surface area contributed by atoms with Gasteiger partial charge in [0, 0.05) is 12.1 Å². The Labute approximate surface area is 114 Å². The van der Waals surface area contributed by atoms with E-state index in [0.717, 1.165) is 0 Å². The first kappa shape index (κ1) is 16.0. The normalized spacial score (nSPS) is 12.6. The van der Waals surface area contributed by atoms with E-state index < -0.39 is 18.3 Å². The van der Waals surface area contributed by atoms with Crippen LogP contribution < -0.4 is 15.8 Å². The maximum absolute atomic E-state index is 12.2. The molecule has 0 aliphatic carbocycles. The molecule has 110 valence electrons. The van der Waals surface area contributed by atoms with Crippen LogP contribution >= 0.6 is 0 Å². The number of para-hydroxylation sites is 1. The van der Waals surface area contributed by atoms with Gasteiger partial charge in [0.15, 0.2) is 0 Å². The molecule has 1 aromatic carbocycles. The lowest BCUT2D eigenvalue weighted by Crippen LogP contribution is -2.39. The van der Waals surface area contributed by atoms with Gasteiger partial charge in [0.2, 0.25) is 5.91 Å². The molecule has 1 unspecified atom stereocenters. The smallest absolute Gasteiger partial charge is 0.405 e. The maximum atomic E-state index is 12.2. The van der Waals surface area contributed by atoms with Crippen LogP contribution in [0.15, 0.2) is 36.9 Å². The summed E-state index contributed by atoms with van der Waals surface area (Å²) < 4.78 is 40.5. The van der Waals surface area contributed by atoms with E-state index in [9.17, 15) is 18.0 Å². The first-order valence-electron chi connectivity index (χ1n) is 5.81. The molecule has 0 spiro atoms. The van der Waals surface area contributed by atoms with Gasteiger partial charge in [0.05, 0.1) is 6.04 Å². The summed E-state index contributed by atoms with van der Waals surface area (Å²) in [7, 11) is 0. The highest BCUT2D eigenvalue weighted by molar-refractivity contribution is 5.81. The number of rotatable bonds is 6. The predicted molar refractivity (Wildman–Crippen MR) is 67.8 cm³/mol. The maximum Gasteiger partial charge on any atom is 0.573 e. The van der Waals surface area contributed by atoms with Crippen LogP contribution in [-0.4, -0.2) is 18.3 Å². The lowest BCUT2D eigenvalue weighted by molar-refractivity contribution is -0.274. The van der Waals surface area contributed by atoms with Gasteiger partial charge in [-0.1, -0.05) is 24.3 Å². The first-order valence-corrected chi connectivity index (χ1v) is 5.81. The fraction of sp³-hybridized carbons (Fsp3) is 0.308. The predicted octanol–water partition coefficient (Wildman–Crippen LogP) is 2.10. The van der Waals surface area contributed by atoms with Gasteiger partial charge in [-0.15, -0.1) is 19.8 Å². The third-order valence-corrected chi connectivity index (χ3v) is 2.41. The number of alkyl halides is 3. The van der Waals surface area contributed by atoms with Crippen LogP contribution in [0.25, 0.3) is 0 Å². The zero-order valence-electron chi connectivity index (χ0n) is 10.6. The summed E-state index contributed by atoms with van der Waals surface area (Å²) in [6.45, 7) is 3.35. The highest BCUT2D eigenvalue weighted by atomic mass is 19.4. The van der Waals surface area contributed by atoms with E-state index in [0.29, 0.717) is 0 Å². The molecule has 3 N–H and O–H groups in total. The second-order valence-electron chi connectivity index (χ2n) is 4.00. The van der Waals surface area contributed by atoms with Crippen LogP contribution in [0.3, 0.4) is 0 Å². The largest absolute Gasteiger partial charge is 0.573 e. The minimum Gasteiger partial charge on any atom is -0.405 e.